The fourth-order valence-corrected chi connectivity index (χ4v) is 2.29. The number of halogens is 1. The van der Waals surface area contributed by atoms with E-state index in [9.17, 15) is 23.6 Å². The van der Waals surface area contributed by atoms with Crippen LogP contribution in [0, 0.1) is 5.82 Å². The highest BCUT2D eigenvalue weighted by Gasteiger charge is 2.18. The Labute approximate surface area is 166 Å². The van der Waals surface area contributed by atoms with Gasteiger partial charge in [-0.1, -0.05) is 0 Å². The van der Waals surface area contributed by atoms with Crippen molar-refractivity contribution in [3.05, 3.63) is 59.9 Å². The van der Waals surface area contributed by atoms with Crippen LogP contribution in [0.2, 0.25) is 0 Å². The molecule has 0 bridgehead atoms. The summed E-state index contributed by atoms with van der Waals surface area (Å²) in [5, 5.41) is 0. The second-order valence-electron chi connectivity index (χ2n) is 5.87. The largest absolute Gasteiger partial charge is 0.482 e. The van der Waals surface area contributed by atoms with Crippen molar-refractivity contribution in [2.24, 2.45) is 5.73 Å². The molecule has 0 atom stereocenters. The third-order valence-corrected chi connectivity index (χ3v) is 3.75. The van der Waals surface area contributed by atoms with Gasteiger partial charge in [0.1, 0.15) is 17.9 Å². The van der Waals surface area contributed by atoms with Crippen molar-refractivity contribution in [3.8, 4) is 5.75 Å². The summed E-state index contributed by atoms with van der Waals surface area (Å²) in [6.07, 6.45) is 0.561. The SMILES string of the molecule is NC(=O)CCN(C(=O)COC(=O)COc1ccc(C=O)cc1)c1ccc(F)cc1. The Morgan fingerprint density at radius 2 is 1.66 bits per heavy atom. The van der Waals surface area contributed by atoms with Crippen molar-refractivity contribution in [2.75, 3.05) is 24.7 Å². The number of amides is 2. The maximum absolute atomic E-state index is 13.1. The molecule has 2 N–H and O–H groups in total. The molecule has 0 unspecified atom stereocenters. The molecule has 152 valence electrons. The summed E-state index contributed by atoms with van der Waals surface area (Å²) < 4.78 is 23.2. The standard InChI is InChI=1S/C20H19FN2O6/c21-15-3-5-16(6-4-15)23(10-9-18(22)25)19(26)12-29-20(27)13-28-17-7-1-14(11-24)2-8-17/h1-8,11H,9-10,12-13H2,(H2,22,25). The number of anilines is 1. The van der Waals surface area contributed by atoms with Gasteiger partial charge in [0.25, 0.3) is 5.91 Å². The molecule has 0 aliphatic rings. The molecule has 2 aromatic rings. The first-order chi connectivity index (χ1) is 13.9. The Morgan fingerprint density at radius 3 is 2.24 bits per heavy atom. The zero-order valence-electron chi connectivity index (χ0n) is 15.4. The van der Waals surface area contributed by atoms with Crippen LogP contribution in [0.4, 0.5) is 10.1 Å². The Balaban J connectivity index is 1.90. The number of esters is 1. The van der Waals surface area contributed by atoms with Crippen LogP contribution < -0.4 is 15.4 Å². The van der Waals surface area contributed by atoms with Crippen molar-refractivity contribution >= 4 is 29.8 Å². The minimum atomic E-state index is -0.785. The van der Waals surface area contributed by atoms with Crippen LogP contribution in [0.15, 0.2) is 48.5 Å². The van der Waals surface area contributed by atoms with Gasteiger partial charge in [-0.25, -0.2) is 9.18 Å². The first-order valence-electron chi connectivity index (χ1n) is 8.57. The van der Waals surface area contributed by atoms with Crippen molar-refractivity contribution in [2.45, 2.75) is 6.42 Å². The molecule has 0 aliphatic carbocycles. The lowest BCUT2D eigenvalue weighted by molar-refractivity contribution is -0.149. The molecule has 0 saturated heterocycles. The van der Waals surface area contributed by atoms with E-state index in [0.29, 0.717) is 23.3 Å². The van der Waals surface area contributed by atoms with Gasteiger partial charge in [0, 0.05) is 24.2 Å². The average molecular weight is 402 g/mol. The highest BCUT2D eigenvalue weighted by Crippen LogP contribution is 2.16. The average Bonchev–Trinajstić information content (AvgIpc) is 2.72. The monoisotopic (exact) mass is 402 g/mol. The molecule has 0 radical (unpaired) electrons. The number of rotatable bonds is 10. The lowest BCUT2D eigenvalue weighted by Gasteiger charge is -2.22. The normalized spacial score (nSPS) is 10.1. The van der Waals surface area contributed by atoms with Gasteiger partial charge >= 0.3 is 5.97 Å². The molecule has 0 spiro atoms. The first-order valence-corrected chi connectivity index (χ1v) is 8.57. The Hall–Kier alpha value is -3.75. The molecule has 0 aliphatic heterocycles. The van der Waals surface area contributed by atoms with E-state index in [1.807, 2.05) is 0 Å². The molecular formula is C20H19FN2O6. The van der Waals surface area contributed by atoms with E-state index >= 15 is 0 Å². The molecule has 2 amide bonds. The molecule has 9 heteroatoms. The molecular weight excluding hydrogens is 383 g/mol. The van der Waals surface area contributed by atoms with Crippen LogP contribution in [0.1, 0.15) is 16.8 Å². The predicted molar refractivity (Wildman–Crippen MR) is 101 cm³/mol. The van der Waals surface area contributed by atoms with Crippen LogP contribution >= 0.6 is 0 Å². The topological polar surface area (TPSA) is 116 Å². The first kappa shape index (κ1) is 21.5. The van der Waals surface area contributed by atoms with Gasteiger partial charge in [0.2, 0.25) is 5.91 Å². The molecule has 0 fully saturated rings. The van der Waals surface area contributed by atoms with Crippen LogP contribution in [-0.2, 0) is 19.1 Å². The van der Waals surface area contributed by atoms with E-state index in [4.69, 9.17) is 15.2 Å². The third kappa shape index (κ3) is 7.06. The zero-order valence-corrected chi connectivity index (χ0v) is 15.4. The summed E-state index contributed by atoms with van der Waals surface area (Å²) in [6.45, 7) is -1.08. The summed E-state index contributed by atoms with van der Waals surface area (Å²) in [5.41, 5.74) is 5.91. The number of hydrogen-bond donors (Lipinski definition) is 1. The van der Waals surface area contributed by atoms with Crippen molar-refractivity contribution in [1.82, 2.24) is 0 Å². The van der Waals surface area contributed by atoms with Crippen LogP contribution in [0.25, 0.3) is 0 Å². The molecule has 0 saturated carbocycles. The van der Waals surface area contributed by atoms with E-state index in [1.54, 1.807) is 0 Å². The van der Waals surface area contributed by atoms with E-state index in [0.717, 1.165) is 12.1 Å². The van der Waals surface area contributed by atoms with Crippen molar-refractivity contribution < 1.29 is 33.0 Å². The summed E-state index contributed by atoms with van der Waals surface area (Å²) in [4.78, 5) is 47.0. The smallest absolute Gasteiger partial charge is 0.344 e. The zero-order chi connectivity index (χ0) is 21.2. The van der Waals surface area contributed by atoms with Crippen molar-refractivity contribution in [3.63, 3.8) is 0 Å². The summed E-state index contributed by atoms with van der Waals surface area (Å²) >= 11 is 0. The number of primary amides is 1. The third-order valence-electron chi connectivity index (χ3n) is 3.75. The number of ether oxygens (including phenoxy) is 2. The van der Waals surface area contributed by atoms with Gasteiger partial charge in [-0.05, 0) is 48.5 Å². The molecule has 0 aromatic heterocycles. The van der Waals surface area contributed by atoms with Gasteiger partial charge in [0.05, 0.1) is 0 Å². The second kappa shape index (κ2) is 10.5. The predicted octanol–water partition coefficient (Wildman–Crippen LogP) is 1.47. The molecule has 29 heavy (non-hydrogen) atoms. The number of hydrogen-bond acceptors (Lipinski definition) is 6. The van der Waals surface area contributed by atoms with E-state index in [1.165, 1.54) is 41.3 Å². The number of benzene rings is 2. The van der Waals surface area contributed by atoms with Crippen LogP contribution in [0.5, 0.6) is 5.75 Å². The summed E-state index contributed by atoms with van der Waals surface area (Å²) in [5.74, 6) is -2.14. The lowest BCUT2D eigenvalue weighted by Crippen LogP contribution is -2.37. The van der Waals surface area contributed by atoms with Gasteiger partial charge in [-0.15, -0.1) is 0 Å². The Bertz CT molecular complexity index is 868. The fourth-order valence-electron chi connectivity index (χ4n) is 2.29. The fraction of sp³-hybridized carbons (Fsp3) is 0.200. The molecule has 2 rings (SSSR count). The molecule has 2 aromatic carbocycles. The van der Waals surface area contributed by atoms with Crippen LogP contribution in [0.3, 0.4) is 0 Å². The second-order valence-corrected chi connectivity index (χ2v) is 5.87. The number of aldehydes is 1. The summed E-state index contributed by atoms with van der Waals surface area (Å²) in [6, 6.07) is 11.1. The minimum Gasteiger partial charge on any atom is -0.482 e. The maximum Gasteiger partial charge on any atom is 0.344 e. The summed E-state index contributed by atoms with van der Waals surface area (Å²) in [7, 11) is 0. The van der Waals surface area contributed by atoms with E-state index in [-0.39, 0.29) is 13.0 Å². The quantitative estimate of drug-likeness (QED) is 0.475. The minimum absolute atomic E-state index is 0.0447. The molecule has 0 heterocycles. The Morgan fingerprint density at radius 1 is 1.00 bits per heavy atom. The van der Waals surface area contributed by atoms with Crippen molar-refractivity contribution in [1.29, 1.82) is 0 Å². The van der Waals surface area contributed by atoms with Crippen LogP contribution in [-0.4, -0.2) is 43.8 Å². The number of carbonyl (C=O) groups is 4. The van der Waals surface area contributed by atoms with Gasteiger partial charge in [0.15, 0.2) is 13.2 Å². The lowest BCUT2D eigenvalue weighted by atomic mass is 10.2. The number of carbonyl (C=O) groups excluding carboxylic acids is 4. The maximum atomic E-state index is 13.1. The van der Waals surface area contributed by atoms with Gasteiger partial charge < -0.3 is 20.1 Å². The highest BCUT2D eigenvalue weighted by atomic mass is 19.1. The Kier molecular flexibility index (Phi) is 7.84. The van der Waals surface area contributed by atoms with E-state index < -0.39 is 36.8 Å². The number of nitrogens with zero attached hydrogens (tertiary/aromatic N) is 1. The molecule has 8 nitrogen and oxygen atoms in total. The highest BCUT2D eigenvalue weighted by molar-refractivity contribution is 5.95. The van der Waals surface area contributed by atoms with Gasteiger partial charge in [-0.2, -0.15) is 0 Å². The number of nitrogens with two attached hydrogens (primary N) is 1. The van der Waals surface area contributed by atoms with Gasteiger partial charge in [-0.3, -0.25) is 14.4 Å². The van der Waals surface area contributed by atoms with E-state index in [2.05, 4.69) is 0 Å².